The number of hydrogen-bond donors (Lipinski definition) is 2. The molecule has 0 saturated carbocycles. The van der Waals surface area contributed by atoms with Crippen LogP contribution in [0.25, 0.3) is 0 Å². The maximum atomic E-state index is 11.8. The molecule has 134 valence electrons. The quantitative estimate of drug-likeness (QED) is 0.619. The lowest BCUT2D eigenvalue weighted by Crippen LogP contribution is -2.55. The predicted octanol–water partition coefficient (Wildman–Crippen LogP) is 1.97. The van der Waals surface area contributed by atoms with E-state index >= 15 is 0 Å². The molecule has 0 spiro atoms. The fraction of sp³-hybridized carbons (Fsp3) is 0.933. The minimum Gasteiger partial charge on any atom is -0.379 e. The number of ether oxygens (including phenoxy) is 1. The Hall–Kier alpha value is -0.0700. The Kier molecular flexibility index (Phi) is 14.7. The fourth-order valence-electron chi connectivity index (χ4n) is 2.47. The van der Waals surface area contributed by atoms with Crippen molar-refractivity contribution in [3.05, 3.63) is 0 Å². The zero-order chi connectivity index (χ0) is 14.8. The van der Waals surface area contributed by atoms with E-state index in [0.717, 1.165) is 58.5 Å². The standard InChI is InChI=1S/C15H31N3O2.2ClH/c1-15(2,18-9-11-20-12-10-18)13-17-14(19)7-5-3-4-6-8-16;;/h3-13,16H2,1-2H3,(H,17,19);2*1H. The summed E-state index contributed by atoms with van der Waals surface area (Å²) in [4.78, 5) is 14.2. The van der Waals surface area contributed by atoms with Gasteiger partial charge in [0.05, 0.1) is 13.2 Å². The SMILES string of the molecule is CC(C)(CNC(=O)CCCCCCN)N1CCOCC1.Cl.Cl. The van der Waals surface area contributed by atoms with Crippen LogP contribution >= 0.6 is 24.8 Å². The highest BCUT2D eigenvalue weighted by Crippen LogP contribution is 2.15. The molecule has 0 aromatic heterocycles. The Morgan fingerprint density at radius 1 is 1.14 bits per heavy atom. The summed E-state index contributed by atoms with van der Waals surface area (Å²) < 4.78 is 5.37. The number of halogens is 2. The molecule has 5 nitrogen and oxygen atoms in total. The van der Waals surface area contributed by atoms with Crippen molar-refractivity contribution in [1.82, 2.24) is 10.2 Å². The summed E-state index contributed by atoms with van der Waals surface area (Å²) in [6, 6.07) is 0. The van der Waals surface area contributed by atoms with Gasteiger partial charge in [0.15, 0.2) is 0 Å². The normalized spacial score (nSPS) is 15.6. The van der Waals surface area contributed by atoms with Gasteiger partial charge in [0.1, 0.15) is 0 Å². The van der Waals surface area contributed by atoms with Crippen molar-refractivity contribution in [3.63, 3.8) is 0 Å². The molecule has 1 saturated heterocycles. The zero-order valence-electron chi connectivity index (χ0n) is 13.9. The zero-order valence-corrected chi connectivity index (χ0v) is 15.6. The van der Waals surface area contributed by atoms with Gasteiger partial charge in [-0.25, -0.2) is 0 Å². The van der Waals surface area contributed by atoms with Crippen molar-refractivity contribution in [2.24, 2.45) is 5.73 Å². The van der Waals surface area contributed by atoms with E-state index in [1.54, 1.807) is 0 Å². The van der Waals surface area contributed by atoms with Crippen molar-refractivity contribution in [1.29, 1.82) is 0 Å². The average molecular weight is 358 g/mol. The van der Waals surface area contributed by atoms with Gasteiger partial charge < -0.3 is 15.8 Å². The van der Waals surface area contributed by atoms with Crippen LogP contribution in [-0.4, -0.2) is 55.7 Å². The number of morpholine rings is 1. The van der Waals surface area contributed by atoms with E-state index in [1.165, 1.54) is 0 Å². The molecular formula is C15H33Cl2N3O2. The molecule has 1 fully saturated rings. The topological polar surface area (TPSA) is 67.6 Å². The van der Waals surface area contributed by atoms with E-state index < -0.39 is 0 Å². The third kappa shape index (κ3) is 9.85. The first-order valence-corrected chi connectivity index (χ1v) is 7.86. The largest absolute Gasteiger partial charge is 0.379 e. The summed E-state index contributed by atoms with van der Waals surface area (Å²) in [6.45, 7) is 9.29. The van der Waals surface area contributed by atoms with Crippen molar-refractivity contribution in [2.75, 3.05) is 39.4 Å². The molecule has 22 heavy (non-hydrogen) atoms. The Bertz CT molecular complexity index is 286. The molecule has 7 heteroatoms. The maximum absolute atomic E-state index is 11.8. The fourth-order valence-corrected chi connectivity index (χ4v) is 2.47. The molecule has 1 aliphatic heterocycles. The van der Waals surface area contributed by atoms with Gasteiger partial charge in [0.25, 0.3) is 0 Å². The van der Waals surface area contributed by atoms with Gasteiger partial charge in [-0.15, -0.1) is 24.8 Å². The van der Waals surface area contributed by atoms with E-state index in [4.69, 9.17) is 10.5 Å². The third-order valence-corrected chi connectivity index (χ3v) is 3.94. The number of nitrogens with one attached hydrogen (secondary N) is 1. The molecule has 0 aliphatic carbocycles. The second-order valence-electron chi connectivity index (χ2n) is 6.14. The molecule has 1 amide bonds. The van der Waals surface area contributed by atoms with E-state index in [-0.39, 0.29) is 36.3 Å². The monoisotopic (exact) mass is 357 g/mol. The Balaban J connectivity index is 0. The maximum Gasteiger partial charge on any atom is 0.220 e. The number of carbonyl (C=O) groups is 1. The molecule has 1 rings (SSSR count). The molecule has 1 heterocycles. The van der Waals surface area contributed by atoms with Gasteiger partial charge >= 0.3 is 0 Å². The van der Waals surface area contributed by atoms with Gasteiger partial charge in [-0.2, -0.15) is 0 Å². The number of unbranched alkanes of at least 4 members (excludes halogenated alkanes) is 3. The van der Waals surface area contributed by atoms with E-state index in [1.807, 2.05) is 0 Å². The second-order valence-corrected chi connectivity index (χ2v) is 6.14. The van der Waals surface area contributed by atoms with Gasteiger partial charge in [0.2, 0.25) is 5.91 Å². The third-order valence-electron chi connectivity index (χ3n) is 3.94. The van der Waals surface area contributed by atoms with E-state index in [9.17, 15) is 4.79 Å². The molecule has 0 bridgehead atoms. The minimum atomic E-state index is -0.00100. The summed E-state index contributed by atoms with van der Waals surface area (Å²) in [5, 5.41) is 3.07. The number of carbonyl (C=O) groups excluding carboxylic acids is 1. The molecular weight excluding hydrogens is 325 g/mol. The number of nitrogens with zero attached hydrogens (tertiary/aromatic N) is 1. The number of nitrogens with two attached hydrogens (primary N) is 1. The Morgan fingerprint density at radius 2 is 1.73 bits per heavy atom. The van der Waals surface area contributed by atoms with Gasteiger partial charge in [-0.3, -0.25) is 9.69 Å². The number of rotatable bonds is 9. The molecule has 0 aromatic carbocycles. The summed E-state index contributed by atoms with van der Waals surface area (Å²) in [7, 11) is 0. The molecule has 3 N–H and O–H groups in total. The van der Waals surface area contributed by atoms with E-state index in [2.05, 4.69) is 24.1 Å². The first kappa shape index (κ1) is 24.2. The van der Waals surface area contributed by atoms with Gasteiger partial charge in [-0.05, 0) is 33.2 Å². The number of amides is 1. The summed E-state index contributed by atoms with van der Waals surface area (Å²) in [5.74, 6) is 0.166. The average Bonchev–Trinajstić information content (AvgIpc) is 2.46. The lowest BCUT2D eigenvalue weighted by atomic mass is 10.0. The molecule has 0 atom stereocenters. The summed E-state index contributed by atoms with van der Waals surface area (Å²) in [5.41, 5.74) is 5.44. The van der Waals surface area contributed by atoms with Gasteiger partial charge in [0, 0.05) is 31.6 Å². The predicted molar refractivity (Wildman–Crippen MR) is 96.1 cm³/mol. The smallest absolute Gasteiger partial charge is 0.220 e. The van der Waals surface area contributed by atoms with Crippen LogP contribution in [0.2, 0.25) is 0 Å². The van der Waals surface area contributed by atoms with Crippen molar-refractivity contribution < 1.29 is 9.53 Å². The van der Waals surface area contributed by atoms with Crippen LogP contribution in [0.1, 0.15) is 46.0 Å². The van der Waals surface area contributed by atoms with Crippen LogP contribution in [0.3, 0.4) is 0 Å². The van der Waals surface area contributed by atoms with Crippen LogP contribution in [0.5, 0.6) is 0 Å². The summed E-state index contributed by atoms with van der Waals surface area (Å²) >= 11 is 0. The highest BCUT2D eigenvalue weighted by Gasteiger charge is 2.28. The lowest BCUT2D eigenvalue weighted by Gasteiger charge is -2.40. The van der Waals surface area contributed by atoms with Crippen LogP contribution in [0, 0.1) is 0 Å². The number of hydrogen-bond acceptors (Lipinski definition) is 4. The molecule has 0 radical (unpaired) electrons. The molecule has 0 aromatic rings. The summed E-state index contributed by atoms with van der Waals surface area (Å²) in [6.07, 6.45) is 4.87. The van der Waals surface area contributed by atoms with E-state index in [0.29, 0.717) is 13.0 Å². The van der Waals surface area contributed by atoms with Gasteiger partial charge in [-0.1, -0.05) is 12.8 Å². The first-order chi connectivity index (χ1) is 9.56. The lowest BCUT2D eigenvalue weighted by molar-refractivity contribution is -0.122. The highest BCUT2D eigenvalue weighted by molar-refractivity contribution is 5.85. The Morgan fingerprint density at radius 3 is 2.32 bits per heavy atom. The van der Waals surface area contributed by atoms with Crippen LogP contribution in [0.4, 0.5) is 0 Å². The van der Waals surface area contributed by atoms with Crippen molar-refractivity contribution in [3.8, 4) is 0 Å². The minimum absolute atomic E-state index is 0. The second kappa shape index (κ2) is 13.4. The molecule has 0 unspecified atom stereocenters. The van der Waals surface area contributed by atoms with Crippen LogP contribution < -0.4 is 11.1 Å². The molecule has 1 aliphatic rings. The Labute approximate surface area is 147 Å². The van der Waals surface area contributed by atoms with Crippen LogP contribution in [-0.2, 0) is 9.53 Å². The highest BCUT2D eigenvalue weighted by atomic mass is 35.5. The first-order valence-electron chi connectivity index (χ1n) is 7.86. The van der Waals surface area contributed by atoms with Crippen LogP contribution in [0.15, 0.2) is 0 Å². The van der Waals surface area contributed by atoms with Crippen molar-refractivity contribution in [2.45, 2.75) is 51.5 Å². The van der Waals surface area contributed by atoms with Crippen molar-refractivity contribution >= 4 is 30.7 Å².